The van der Waals surface area contributed by atoms with Crippen molar-refractivity contribution in [1.29, 1.82) is 0 Å². The Labute approximate surface area is 204 Å². The van der Waals surface area contributed by atoms with Crippen LogP contribution in [-0.2, 0) is 9.59 Å². The van der Waals surface area contributed by atoms with Gasteiger partial charge in [-0.3, -0.25) is 9.59 Å². The fourth-order valence-corrected chi connectivity index (χ4v) is 4.96. The summed E-state index contributed by atoms with van der Waals surface area (Å²) >= 11 is 1.09. The third-order valence-electron chi connectivity index (χ3n) is 5.68. The van der Waals surface area contributed by atoms with E-state index in [4.69, 9.17) is 4.99 Å². The molecule has 1 N–H and O–H groups in total. The van der Waals surface area contributed by atoms with Crippen LogP contribution in [-0.4, -0.2) is 33.0 Å². The van der Waals surface area contributed by atoms with Gasteiger partial charge in [0.25, 0.3) is 5.91 Å². The number of para-hydroxylation sites is 1. The molecule has 2 aliphatic rings. The van der Waals surface area contributed by atoms with Crippen molar-refractivity contribution in [2.24, 2.45) is 9.98 Å². The van der Waals surface area contributed by atoms with E-state index in [1.807, 2.05) is 54.6 Å². The first-order valence-corrected chi connectivity index (χ1v) is 11.9. The predicted molar refractivity (Wildman–Crippen MR) is 133 cm³/mol. The van der Waals surface area contributed by atoms with E-state index in [1.54, 1.807) is 6.92 Å². The number of carbonyl (C=O) groups excluding carboxylic acids is 2. The molecule has 0 aromatic heterocycles. The number of anilines is 1. The van der Waals surface area contributed by atoms with Crippen LogP contribution in [0.25, 0.3) is 0 Å². The smallest absolute Gasteiger partial charge is 0.263 e. The lowest BCUT2D eigenvalue weighted by Crippen LogP contribution is -2.41. The number of aliphatic imine (C=N–C) groups is 2. The van der Waals surface area contributed by atoms with Gasteiger partial charge in [-0.1, -0.05) is 61.2 Å². The van der Waals surface area contributed by atoms with Gasteiger partial charge in [0, 0.05) is 11.6 Å². The van der Waals surface area contributed by atoms with E-state index >= 15 is 0 Å². The molecule has 35 heavy (non-hydrogen) atoms. The van der Waals surface area contributed by atoms with Crippen LogP contribution in [0.15, 0.2) is 82.8 Å². The monoisotopic (exact) mass is 490 g/mol. The molecule has 5 rings (SSSR count). The summed E-state index contributed by atoms with van der Waals surface area (Å²) in [4.78, 5) is 37.3. The lowest BCUT2D eigenvalue weighted by atomic mass is 10.1. The number of amidine groups is 2. The van der Waals surface area contributed by atoms with E-state index in [0.29, 0.717) is 23.1 Å². The van der Waals surface area contributed by atoms with Crippen LogP contribution < -0.4 is 5.32 Å². The number of halogens is 2. The minimum atomic E-state index is -0.738. The molecule has 0 radical (unpaired) electrons. The lowest BCUT2D eigenvalue weighted by Gasteiger charge is -2.27. The Bertz CT molecular complexity index is 1380. The van der Waals surface area contributed by atoms with Gasteiger partial charge in [-0.2, -0.15) is 0 Å². The Kier molecular flexibility index (Phi) is 6.17. The van der Waals surface area contributed by atoms with Crippen LogP contribution in [0.5, 0.6) is 0 Å². The standard InChI is InChI=1S/C26H20F2N4O2S/c1-2-21(24(33)29-20-14-16(27)12-13-18(20)28)35-26-30-19-11-7-6-10-17(19)23-31-22(25(34)32(23)26)15-8-4-3-5-9-15/h3-14,21-22H,2H2,1H3,(H,29,33)/t21-,22-/m1/s1. The van der Waals surface area contributed by atoms with Gasteiger partial charge in [-0.05, 0) is 36.2 Å². The minimum absolute atomic E-state index is 0.242. The minimum Gasteiger partial charge on any atom is -0.323 e. The van der Waals surface area contributed by atoms with Crippen LogP contribution in [0.3, 0.4) is 0 Å². The number of nitrogens with zero attached hydrogens (tertiary/aromatic N) is 3. The van der Waals surface area contributed by atoms with Crippen molar-refractivity contribution in [2.45, 2.75) is 24.6 Å². The van der Waals surface area contributed by atoms with Crippen LogP contribution in [0.4, 0.5) is 20.2 Å². The predicted octanol–water partition coefficient (Wildman–Crippen LogP) is 5.45. The Balaban J connectivity index is 1.46. The molecule has 0 fully saturated rings. The summed E-state index contributed by atoms with van der Waals surface area (Å²) in [6.45, 7) is 1.80. The third-order valence-corrected chi connectivity index (χ3v) is 7.00. The maximum absolute atomic E-state index is 14.1. The van der Waals surface area contributed by atoms with Gasteiger partial charge in [0.1, 0.15) is 17.5 Å². The Morgan fingerprint density at radius 1 is 1.09 bits per heavy atom. The van der Waals surface area contributed by atoms with E-state index in [9.17, 15) is 18.4 Å². The van der Waals surface area contributed by atoms with E-state index in [0.717, 1.165) is 41.1 Å². The maximum Gasteiger partial charge on any atom is 0.263 e. The number of benzene rings is 3. The van der Waals surface area contributed by atoms with Crippen molar-refractivity contribution < 1.29 is 18.4 Å². The molecule has 0 bridgehead atoms. The third kappa shape index (κ3) is 4.35. The second-order valence-corrected chi connectivity index (χ2v) is 9.15. The van der Waals surface area contributed by atoms with Gasteiger partial charge in [0.2, 0.25) is 5.91 Å². The molecule has 3 aromatic rings. The summed E-state index contributed by atoms with van der Waals surface area (Å²) in [5, 5.41) is 2.05. The lowest BCUT2D eigenvalue weighted by molar-refractivity contribution is -0.124. The molecule has 9 heteroatoms. The molecule has 2 aliphatic heterocycles. The maximum atomic E-state index is 14.1. The van der Waals surface area contributed by atoms with E-state index in [2.05, 4.69) is 10.3 Å². The molecule has 176 valence electrons. The molecule has 0 saturated heterocycles. The van der Waals surface area contributed by atoms with E-state index in [-0.39, 0.29) is 11.6 Å². The average molecular weight is 491 g/mol. The fraction of sp³-hybridized carbons (Fsp3) is 0.154. The van der Waals surface area contributed by atoms with Gasteiger partial charge < -0.3 is 5.32 Å². The molecular weight excluding hydrogens is 470 g/mol. The number of thioether (sulfide) groups is 1. The SMILES string of the molecule is CC[C@@H](SC1=Nc2ccccc2C2=N[C@H](c3ccccc3)C(=O)N12)C(=O)Nc1cc(F)ccc1F. The highest BCUT2D eigenvalue weighted by Crippen LogP contribution is 2.38. The van der Waals surface area contributed by atoms with Crippen molar-refractivity contribution in [3.63, 3.8) is 0 Å². The molecular formula is C26H20F2N4O2S. The topological polar surface area (TPSA) is 74.1 Å². The van der Waals surface area contributed by atoms with Gasteiger partial charge in [-0.25, -0.2) is 23.7 Å². The highest BCUT2D eigenvalue weighted by Gasteiger charge is 2.43. The number of fused-ring (bicyclic) bond motifs is 3. The number of amides is 2. The van der Waals surface area contributed by atoms with Crippen molar-refractivity contribution in [1.82, 2.24) is 4.90 Å². The number of nitrogens with one attached hydrogen (secondary N) is 1. The summed E-state index contributed by atoms with van der Waals surface area (Å²) in [5.74, 6) is -1.71. The molecule has 2 atom stereocenters. The molecule has 2 heterocycles. The highest BCUT2D eigenvalue weighted by atomic mass is 32.2. The molecule has 0 spiro atoms. The van der Waals surface area contributed by atoms with Crippen molar-refractivity contribution in [3.05, 3.63) is 95.6 Å². The fourth-order valence-electron chi connectivity index (χ4n) is 3.94. The second-order valence-electron chi connectivity index (χ2n) is 7.98. The van der Waals surface area contributed by atoms with Crippen LogP contribution >= 0.6 is 11.8 Å². The summed E-state index contributed by atoms with van der Waals surface area (Å²) < 4.78 is 27.6. The van der Waals surface area contributed by atoms with Crippen LogP contribution in [0.1, 0.15) is 30.5 Å². The largest absolute Gasteiger partial charge is 0.323 e. The molecule has 0 aliphatic carbocycles. The summed E-state index contributed by atoms with van der Waals surface area (Å²) in [6, 6.07) is 18.7. The normalized spacial score (nSPS) is 17.3. The molecule has 6 nitrogen and oxygen atoms in total. The highest BCUT2D eigenvalue weighted by molar-refractivity contribution is 8.15. The van der Waals surface area contributed by atoms with Gasteiger partial charge in [0.15, 0.2) is 11.2 Å². The van der Waals surface area contributed by atoms with Crippen molar-refractivity contribution in [2.75, 3.05) is 5.32 Å². The Hall–Kier alpha value is -3.85. The quantitative estimate of drug-likeness (QED) is 0.517. The Morgan fingerprint density at radius 2 is 1.83 bits per heavy atom. The molecule has 3 aromatic carbocycles. The summed E-state index contributed by atoms with van der Waals surface area (Å²) in [7, 11) is 0. The van der Waals surface area contributed by atoms with Crippen LogP contribution in [0, 0.1) is 11.6 Å². The van der Waals surface area contributed by atoms with E-state index < -0.39 is 28.8 Å². The zero-order valence-electron chi connectivity index (χ0n) is 18.6. The average Bonchev–Trinajstić information content (AvgIpc) is 3.23. The van der Waals surface area contributed by atoms with Gasteiger partial charge in [-0.15, -0.1) is 0 Å². The zero-order chi connectivity index (χ0) is 24.5. The van der Waals surface area contributed by atoms with Gasteiger partial charge >= 0.3 is 0 Å². The van der Waals surface area contributed by atoms with Crippen LogP contribution in [0.2, 0.25) is 0 Å². The second kappa shape index (κ2) is 9.42. The molecule has 0 unspecified atom stereocenters. The van der Waals surface area contributed by atoms with Crippen molar-refractivity contribution >= 4 is 46.0 Å². The summed E-state index contributed by atoms with van der Waals surface area (Å²) in [5.41, 5.74) is 1.88. The first-order chi connectivity index (χ1) is 17.0. The number of rotatable bonds is 5. The van der Waals surface area contributed by atoms with E-state index in [1.165, 1.54) is 4.90 Å². The number of carbonyl (C=O) groups is 2. The van der Waals surface area contributed by atoms with Gasteiger partial charge in [0.05, 0.1) is 16.6 Å². The first kappa shape index (κ1) is 22.9. The number of hydrogen-bond donors (Lipinski definition) is 1. The number of hydrogen-bond acceptors (Lipinski definition) is 5. The zero-order valence-corrected chi connectivity index (χ0v) is 19.4. The molecule has 0 saturated carbocycles. The van der Waals surface area contributed by atoms with Crippen molar-refractivity contribution in [3.8, 4) is 0 Å². The Morgan fingerprint density at radius 3 is 2.60 bits per heavy atom. The first-order valence-electron chi connectivity index (χ1n) is 11.0. The molecule has 2 amide bonds. The summed E-state index contributed by atoms with van der Waals surface area (Å²) in [6.07, 6.45) is 0.366.